The van der Waals surface area contributed by atoms with Crippen LogP contribution in [-0.2, 0) is 22.3 Å². The van der Waals surface area contributed by atoms with E-state index in [9.17, 15) is 13.5 Å². The normalized spacial score (nSPS) is 15.9. The van der Waals surface area contributed by atoms with E-state index in [2.05, 4.69) is 15.5 Å². The summed E-state index contributed by atoms with van der Waals surface area (Å²) in [4.78, 5) is 6.63. The zero-order chi connectivity index (χ0) is 21.6. The van der Waals surface area contributed by atoms with Gasteiger partial charge in [-0.3, -0.25) is 0 Å². The fourth-order valence-corrected chi connectivity index (χ4v) is 4.64. The van der Waals surface area contributed by atoms with Gasteiger partial charge in [0.2, 0.25) is 10.0 Å². The van der Waals surface area contributed by atoms with E-state index in [1.807, 2.05) is 11.8 Å². The number of nitrogens with one attached hydrogen (secondary N) is 1. The SMILES string of the molecule is CCNC(=NCc1cccc(OC)c1O)N1CCN(S(=O)(=O)Cc2ccon2)CC1. The number of nitrogens with zero attached hydrogens (tertiary/aromatic N) is 4. The lowest BCUT2D eigenvalue weighted by Gasteiger charge is -2.35. The number of guanidine groups is 1. The quantitative estimate of drug-likeness (QED) is 0.486. The largest absolute Gasteiger partial charge is 0.504 e. The van der Waals surface area contributed by atoms with Crippen molar-refractivity contribution >= 4 is 16.0 Å². The van der Waals surface area contributed by atoms with Crippen molar-refractivity contribution in [2.45, 2.75) is 19.2 Å². The maximum absolute atomic E-state index is 12.6. The molecule has 0 amide bonds. The summed E-state index contributed by atoms with van der Waals surface area (Å²) < 4.78 is 36.5. The summed E-state index contributed by atoms with van der Waals surface area (Å²) in [6.07, 6.45) is 1.36. The van der Waals surface area contributed by atoms with Crippen LogP contribution in [0.25, 0.3) is 0 Å². The van der Waals surface area contributed by atoms with E-state index in [0.29, 0.717) is 55.7 Å². The van der Waals surface area contributed by atoms with Crippen LogP contribution in [-0.4, -0.2) is 73.7 Å². The second-order valence-electron chi connectivity index (χ2n) is 6.77. The van der Waals surface area contributed by atoms with Gasteiger partial charge < -0.3 is 24.6 Å². The van der Waals surface area contributed by atoms with Gasteiger partial charge in [-0.1, -0.05) is 17.3 Å². The van der Waals surface area contributed by atoms with Crippen molar-refractivity contribution < 1.29 is 22.8 Å². The summed E-state index contributed by atoms with van der Waals surface area (Å²) in [5.74, 6) is 0.975. The van der Waals surface area contributed by atoms with E-state index in [1.54, 1.807) is 24.3 Å². The predicted molar refractivity (Wildman–Crippen MR) is 112 cm³/mol. The minimum atomic E-state index is -3.46. The first-order chi connectivity index (χ1) is 14.4. The molecule has 1 saturated heterocycles. The minimum Gasteiger partial charge on any atom is -0.504 e. The molecule has 0 radical (unpaired) electrons. The third-order valence-electron chi connectivity index (χ3n) is 4.79. The fourth-order valence-electron chi connectivity index (χ4n) is 3.21. The van der Waals surface area contributed by atoms with Crippen molar-refractivity contribution in [1.29, 1.82) is 0 Å². The van der Waals surface area contributed by atoms with Crippen molar-refractivity contribution in [3.05, 3.63) is 41.8 Å². The number of methoxy groups -OCH3 is 1. The first kappa shape index (κ1) is 21.9. The van der Waals surface area contributed by atoms with Crippen LogP contribution in [0.3, 0.4) is 0 Å². The molecule has 0 aliphatic carbocycles. The van der Waals surface area contributed by atoms with Gasteiger partial charge in [-0.05, 0) is 13.0 Å². The Hall–Kier alpha value is -2.79. The summed E-state index contributed by atoms with van der Waals surface area (Å²) in [5.41, 5.74) is 1.05. The maximum atomic E-state index is 12.6. The number of ether oxygens (including phenoxy) is 1. The molecule has 10 nitrogen and oxygen atoms in total. The molecular formula is C19H27N5O5S. The molecule has 0 spiro atoms. The van der Waals surface area contributed by atoms with Gasteiger partial charge in [0.25, 0.3) is 0 Å². The molecule has 0 bridgehead atoms. The number of rotatable bonds is 7. The Kier molecular flexibility index (Phi) is 7.16. The van der Waals surface area contributed by atoms with E-state index in [4.69, 9.17) is 9.26 Å². The average molecular weight is 438 g/mol. The molecule has 0 atom stereocenters. The lowest BCUT2D eigenvalue weighted by Crippen LogP contribution is -2.53. The molecule has 30 heavy (non-hydrogen) atoms. The van der Waals surface area contributed by atoms with Crippen molar-refractivity contribution in [3.8, 4) is 11.5 Å². The summed E-state index contributed by atoms with van der Waals surface area (Å²) in [7, 11) is -1.96. The number of sulfonamides is 1. The number of phenolic OH excluding ortho intramolecular Hbond substituents is 1. The highest BCUT2D eigenvalue weighted by Gasteiger charge is 2.29. The van der Waals surface area contributed by atoms with E-state index in [1.165, 1.54) is 17.7 Å². The molecule has 3 rings (SSSR count). The maximum Gasteiger partial charge on any atom is 0.220 e. The summed E-state index contributed by atoms with van der Waals surface area (Å²) in [6, 6.07) is 6.83. The van der Waals surface area contributed by atoms with Crippen LogP contribution in [0.1, 0.15) is 18.2 Å². The first-order valence-corrected chi connectivity index (χ1v) is 11.3. The van der Waals surface area contributed by atoms with E-state index < -0.39 is 10.0 Å². The molecule has 2 N–H and O–H groups in total. The number of hydrogen-bond acceptors (Lipinski definition) is 7. The molecule has 1 aliphatic heterocycles. The number of aromatic hydroxyl groups is 1. The van der Waals surface area contributed by atoms with E-state index in [-0.39, 0.29) is 18.0 Å². The predicted octanol–water partition coefficient (Wildman–Crippen LogP) is 1.00. The van der Waals surface area contributed by atoms with E-state index >= 15 is 0 Å². The van der Waals surface area contributed by atoms with Gasteiger partial charge in [0, 0.05) is 44.4 Å². The van der Waals surface area contributed by atoms with Crippen molar-refractivity contribution in [2.75, 3.05) is 39.8 Å². The van der Waals surface area contributed by atoms with Crippen LogP contribution < -0.4 is 10.1 Å². The van der Waals surface area contributed by atoms with Crippen LogP contribution in [0.15, 0.2) is 40.0 Å². The summed E-state index contributed by atoms with van der Waals surface area (Å²) in [5, 5.41) is 17.2. The molecule has 0 saturated carbocycles. The number of piperazine rings is 1. The standard InChI is InChI=1S/C19H27N5O5S/c1-3-20-19(21-13-15-5-4-6-17(28-2)18(15)25)23-8-10-24(11-9-23)30(26,27)14-16-7-12-29-22-16/h4-7,12,25H,3,8-11,13-14H2,1-2H3,(H,20,21). The van der Waals surface area contributed by atoms with Gasteiger partial charge in [-0.15, -0.1) is 0 Å². The smallest absolute Gasteiger partial charge is 0.220 e. The third-order valence-corrected chi connectivity index (χ3v) is 6.60. The van der Waals surface area contributed by atoms with Crippen LogP contribution in [0.2, 0.25) is 0 Å². The van der Waals surface area contributed by atoms with Crippen LogP contribution >= 0.6 is 0 Å². The Morgan fingerprint density at radius 2 is 2.07 bits per heavy atom. The second-order valence-corrected chi connectivity index (χ2v) is 8.74. The Morgan fingerprint density at radius 3 is 2.70 bits per heavy atom. The zero-order valence-electron chi connectivity index (χ0n) is 17.1. The van der Waals surface area contributed by atoms with Gasteiger partial charge in [-0.25, -0.2) is 13.4 Å². The molecule has 1 aromatic carbocycles. The summed E-state index contributed by atoms with van der Waals surface area (Å²) >= 11 is 0. The second kappa shape index (κ2) is 9.81. The van der Waals surface area contributed by atoms with Crippen molar-refractivity contribution in [1.82, 2.24) is 19.7 Å². The first-order valence-electron chi connectivity index (χ1n) is 9.69. The highest BCUT2D eigenvalue weighted by molar-refractivity contribution is 7.88. The molecule has 2 aromatic rings. The highest BCUT2D eigenvalue weighted by atomic mass is 32.2. The lowest BCUT2D eigenvalue weighted by molar-refractivity contribution is 0.259. The molecule has 1 fully saturated rings. The Balaban J connectivity index is 1.65. The van der Waals surface area contributed by atoms with Crippen molar-refractivity contribution in [3.63, 3.8) is 0 Å². The highest BCUT2D eigenvalue weighted by Crippen LogP contribution is 2.29. The van der Waals surface area contributed by atoms with Crippen molar-refractivity contribution in [2.24, 2.45) is 4.99 Å². The fraction of sp³-hybridized carbons (Fsp3) is 0.474. The molecule has 11 heteroatoms. The molecule has 164 valence electrons. The summed E-state index contributed by atoms with van der Waals surface area (Å²) in [6.45, 7) is 4.65. The minimum absolute atomic E-state index is 0.0726. The van der Waals surface area contributed by atoms with E-state index in [0.717, 1.165) is 0 Å². The van der Waals surface area contributed by atoms with Gasteiger partial charge in [0.15, 0.2) is 17.5 Å². The number of aliphatic imine (C=N–C) groups is 1. The number of para-hydroxylation sites is 1. The van der Waals surface area contributed by atoms with Crippen LogP contribution in [0.5, 0.6) is 11.5 Å². The lowest BCUT2D eigenvalue weighted by atomic mass is 10.2. The third kappa shape index (κ3) is 5.22. The van der Waals surface area contributed by atoms with Gasteiger partial charge in [0.05, 0.1) is 19.3 Å². The molecular weight excluding hydrogens is 410 g/mol. The van der Waals surface area contributed by atoms with Gasteiger partial charge >= 0.3 is 0 Å². The Labute approximate surface area is 176 Å². The number of phenols is 1. The number of hydrogen-bond donors (Lipinski definition) is 2. The van der Waals surface area contributed by atoms with Crippen LogP contribution in [0.4, 0.5) is 0 Å². The van der Waals surface area contributed by atoms with Gasteiger partial charge in [0.1, 0.15) is 12.0 Å². The Bertz CT molecular complexity index is 954. The zero-order valence-corrected chi connectivity index (χ0v) is 17.9. The number of aromatic nitrogens is 1. The molecule has 1 aromatic heterocycles. The number of benzene rings is 1. The molecule has 1 aliphatic rings. The molecule has 2 heterocycles. The average Bonchev–Trinajstić information content (AvgIpc) is 3.24. The monoisotopic (exact) mass is 437 g/mol. The topological polar surface area (TPSA) is 120 Å². The van der Waals surface area contributed by atoms with Crippen LogP contribution in [0, 0.1) is 0 Å². The Morgan fingerprint density at radius 1 is 1.30 bits per heavy atom. The van der Waals surface area contributed by atoms with Gasteiger partial charge in [-0.2, -0.15) is 4.31 Å². The molecule has 0 unspecified atom stereocenters.